The first-order valence-corrected chi connectivity index (χ1v) is 6.55. The minimum Gasteiger partial charge on any atom is -0.457 e. The third kappa shape index (κ3) is 3.00. The highest BCUT2D eigenvalue weighted by molar-refractivity contribution is 5.86. The minimum absolute atomic E-state index is 0.173. The van der Waals surface area contributed by atoms with Crippen molar-refractivity contribution in [1.29, 1.82) is 0 Å². The van der Waals surface area contributed by atoms with Gasteiger partial charge in [0.05, 0.1) is 12.0 Å². The lowest BCUT2D eigenvalue weighted by molar-refractivity contribution is 0.0334. The molecule has 0 saturated carbocycles. The zero-order valence-corrected chi connectivity index (χ0v) is 11.2. The number of benzene rings is 1. The van der Waals surface area contributed by atoms with Gasteiger partial charge in [0.15, 0.2) is 6.10 Å². The predicted octanol–water partition coefficient (Wildman–Crippen LogP) is 3.62. The maximum Gasteiger partial charge on any atom is 0.375 e. The predicted molar refractivity (Wildman–Crippen MR) is 76.6 cm³/mol. The van der Waals surface area contributed by atoms with Crippen LogP contribution in [0.3, 0.4) is 0 Å². The third-order valence-electron chi connectivity index (χ3n) is 3.01. The first-order chi connectivity index (χ1) is 10.3. The van der Waals surface area contributed by atoms with Crippen molar-refractivity contribution in [3.63, 3.8) is 0 Å². The molecule has 3 rings (SSSR count). The zero-order chi connectivity index (χ0) is 14.5. The van der Waals surface area contributed by atoms with Gasteiger partial charge in [-0.3, -0.25) is 4.98 Å². The Morgan fingerprint density at radius 2 is 1.81 bits per heavy atom. The number of ether oxygens (including phenoxy) is 1. The van der Waals surface area contributed by atoms with E-state index in [1.807, 2.05) is 48.5 Å². The molecule has 21 heavy (non-hydrogen) atoms. The Morgan fingerprint density at radius 1 is 1.00 bits per heavy atom. The van der Waals surface area contributed by atoms with Crippen LogP contribution in [0.25, 0.3) is 0 Å². The number of hydrogen-bond acceptors (Lipinski definition) is 4. The fourth-order valence-electron chi connectivity index (χ4n) is 2.02. The molecule has 0 radical (unpaired) electrons. The largest absolute Gasteiger partial charge is 0.457 e. The molecule has 3 aromatic rings. The van der Waals surface area contributed by atoms with E-state index in [2.05, 4.69) is 4.98 Å². The van der Waals surface area contributed by atoms with Crippen LogP contribution in [-0.4, -0.2) is 11.0 Å². The van der Waals surface area contributed by atoms with E-state index in [0.717, 1.165) is 5.56 Å². The quantitative estimate of drug-likeness (QED) is 0.684. The average Bonchev–Trinajstić information content (AvgIpc) is 3.09. The normalized spacial score (nSPS) is 11.8. The van der Waals surface area contributed by atoms with Gasteiger partial charge in [0.25, 0.3) is 0 Å². The Bertz CT molecular complexity index is 654. The van der Waals surface area contributed by atoms with Crippen molar-refractivity contribution in [3.8, 4) is 0 Å². The maximum atomic E-state index is 12.1. The Balaban J connectivity index is 1.92. The van der Waals surface area contributed by atoms with Crippen LogP contribution >= 0.6 is 0 Å². The van der Waals surface area contributed by atoms with Crippen molar-refractivity contribution in [2.45, 2.75) is 6.10 Å². The van der Waals surface area contributed by atoms with Gasteiger partial charge in [-0.2, -0.15) is 0 Å². The van der Waals surface area contributed by atoms with Crippen LogP contribution in [0.4, 0.5) is 0 Å². The number of nitrogens with zero attached hydrogens (tertiary/aromatic N) is 1. The number of pyridine rings is 1. The molecule has 0 aliphatic carbocycles. The molecule has 1 atom stereocenters. The van der Waals surface area contributed by atoms with Gasteiger partial charge in [-0.25, -0.2) is 4.79 Å². The van der Waals surface area contributed by atoms with Crippen molar-refractivity contribution < 1.29 is 13.9 Å². The lowest BCUT2D eigenvalue weighted by atomic mass is 10.1. The summed E-state index contributed by atoms with van der Waals surface area (Å²) in [5.41, 5.74) is 1.53. The van der Waals surface area contributed by atoms with E-state index < -0.39 is 12.1 Å². The summed E-state index contributed by atoms with van der Waals surface area (Å²) >= 11 is 0. The minimum atomic E-state index is -0.565. The van der Waals surface area contributed by atoms with Crippen molar-refractivity contribution in [2.24, 2.45) is 0 Å². The molecule has 0 amide bonds. The van der Waals surface area contributed by atoms with Gasteiger partial charge in [0, 0.05) is 6.20 Å². The number of rotatable bonds is 4. The molecule has 1 unspecified atom stereocenters. The second-order valence-corrected chi connectivity index (χ2v) is 4.43. The zero-order valence-electron chi connectivity index (χ0n) is 11.2. The van der Waals surface area contributed by atoms with Crippen molar-refractivity contribution in [1.82, 2.24) is 4.98 Å². The summed E-state index contributed by atoms with van der Waals surface area (Å²) in [4.78, 5) is 16.4. The molecule has 4 nitrogen and oxygen atoms in total. The molecule has 0 bridgehead atoms. The van der Waals surface area contributed by atoms with Crippen LogP contribution in [0.1, 0.15) is 27.9 Å². The van der Waals surface area contributed by atoms with Gasteiger partial charge >= 0.3 is 5.97 Å². The molecule has 0 spiro atoms. The molecule has 0 aliphatic heterocycles. The smallest absolute Gasteiger partial charge is 0.375 e. The van der Waals surface area contributed by atoms with E-state index in [0.29, 0.717) is 5.69 Å². The highest BCUT2D eigenvalue weighted by atomic mass is 16.6. The first kappa shape index (κ1) is 13.1. The SMILES string of the molecule is O=C(OC(c1ccccc1)c1ccccn1)c1ccco1. The standard InChI is InChI=1S/C17H13NO3/c19-17(15-10-6-12-20-15)21-16(13-7-2-1-3-8-13)14-9-4-5-11-18-14/h1-12,16H. The number of aromatic nitrogens is 1. The van der Waals surface area contributed by atoms with Gasteiger partial charge in [0.1, 0.15) is 0 Å². The molecular weight excluding hydrogens is 266 g/mol. The highest BCUT2D eigenvalue weighted by Gasteiger charge is 2.22. The van der Waals surface area contributed by atoms with Gasteiger partial charge in [0.2, 0.25) is 5.76 Å². The molecule has 0 fully saturated rings. The number of furan rings is 1. The summed E-state index contributed by atoms with van der Waals surface area (Å²) in [5.74, 6) is -0.341. The lowest BCUT2D eigenvalue weighted by Crippen LogP contribution is -2.13. The number of hydrogen-bond donors (Lipinski definition) is 0. The van der Waals surface area contributed by atoms with Gasteiger partial charge in [-0.15, -0.1) is 0 Å². The Labute approximate surface area is 122 Å². The van der Waals surface area contributed by atoms with Crippen LogP contribution in [0.2, 0.25) is 0 Å². The van der Waals surface area contributed by atoms with Crippen LogP contribution in [0.15, 0.2) is 77.5 Å². The second-order valence-electron chi connectivity index (χ2n) is 4.43. The van der Waals surface area contributed by atoms with Crippen molar-refractivity contribution in [3.05, 3.63) is 90.1 Å². The Kier molecular flexibility index (Phi) is 3.78. The number of carbonyl (C=O) groups is 1. The molecule has 104 valence electrons. The monoisotopic (exact) mass is 279 g/mol. The molecule has 0 aliphatic rings. The highest BCUT2D eigenvalue weighted by Crippen LogP contribution is 2.25. The average molecular weight is 279 g/mol. The summed E-state index contributed by atoms with van der Waals surface area (Å²) in [6.45, 7) is 0. The van der Waals surface area contributed by atoms with Crippen LogP contribution < -0.4 is 0 Å². The van der Waals surface area contributed by atoms with E-state index in [4.69, 9.17) is 9.15 Å². The summed E-state index contributed by atoms with van der Waals surface area (Å²) in [7, 11) is 0. The topological polar surface area (TPSA) is 52.3 Å². The van der Waals surface area contributed by atoms with E-state index in [9.17, 15) is 4.79 Å². The molecular formula is C17H13NO3. The summed E-state index contributed by atoms with van der Waals surface area (Å²) in [5, 5.41) is 0. The molecule has 2 aromatic heterocycles. The van der Waals surface area contributed by atoms with Crippen molar-refractivity contribution >= 4 is 5.97 Å². The summed E-state index contributed by atoms with van der Waals surface area (Å²) in [6, 6.07) is 18.2. The molecule has 2 heterocycles. The first-order valence-electron chi connectivity index (χ1n) is 6.55. The van der Waals surface area contributed by atoms with E-state index >= 15 is 0 Å². The third-order valence-corrected chi connectivity index (χ3v) is 3.01. The van der Waals surface area contributed by atoms with Gasteiger partial charge in [-0.05, 0) is 29.8 Å². The molecule has 4 heteroatoms. The molecule has 0 saturated heterocycles. The number of esters is 1. The van der Waals surface area contributed by atoms with E-state index in [1.54, 1.807) is 18.3 Å². The van der Waals surface area contributed by atoms with E-state index in [-0.39, 0.29) is 5.76 Å². The van der Waals surface area contributed by atoms with Gasteiger partial charge in [-0.1, -0.05) is 36.4 Å². The number of carbonyl (C=O) groups excluding carboxylic acids is 1. The van der Waals surface area contributed by atoms with Gasteiger partial charge < -0.3 is 9.15 Å². The summed E-state index contributed by atoms with van der Waals surface area (Å²) in [6.07, 6.45) is 2.55. The maximum absolute atomic E-state index is 12.1. The second kappa shape index (κ2) is 6.05. The fraction of sp³-hybridized carbons (Fsp3) is 0.0588. The van der Waals surface area contributed by atoms with Crippen LogP contribution in [0, 0.1) is 0 Å². The lowest BCUT2D eigenvalue weighted by Gasteiger charge is -2.17. The fourth-order valence-corrected chi connectivity index (χ4v) is 2.02. The summed E-state index contributed by atoms with van der Waals surface area (Å²) < 4.78 is 10.6. The molecule has 1 aromatic carbocycles. The molecule has 0 N–H and O–H groups in total. The van der Waals surface area contributed by atoms with Crippen LogP contribution in [0.5, 0.6) is 0 Å². The Morgan fingerprint density at radius 3 is 2.48 bits per heavy atom. The van der Waals surface area contributed by atoms with E-state index in [1.165, 1.54) is 6.26 Å². The Hall–Kier alpha value is -2.88. The van der Waals surface area contributed by atoms with Crippen molar-refractivity contribution in [2.75, 3.05) is 0 Å². The van der Waals surface area contributed by atoms with Crippen LogP contribution in [-0.2, 0) is 4.74 Å².